The number of nitrogens with one attached hydrogen (secondary N) is 1. The van der Waals surface area contributed by atoms with Crippen LogP contribution in [0.1, 0.15) is 39.5 Å². The van der Waals surface area contributed by atoms with E-state index in [0.29, 0.717) is 11.6 Å². The highest BCUT2D eigenvalue weighted by Gasteiger charge is 2.54. The summed E-state index contributed by atoms with van der Waals surface area (Å²) >= 11 is 0. The molecule has 0 aliphatic carbocycles. The molecule has 0 radical (unpaired) electrons. The fourth-order valence-corrected chi connectivity index (χ4v) is 4.40. The van der Waals surface area contributed by atoms with E-state index in [1.54, 1.807) is 0 Å². The van der Waals surface area contributed by atoms with Crippen molar-refractivity contribution in [2.75, 3.05) is 0 Å². The third-order valence-electron chi connectivity index (χ3n) is 5.77. The molecule has 0 fully saturated rings. The molecule has 4 nitrogen and oxygen atoms in total. The lowest BCUT2D eigenvalue weighted by Gasteiger charge is -2.17. The lowest BCUT2D eigenvalue weighted by Crippen LogP contribution is -2.21. The fraction of sp³-hybridized carbons (Fsp3) is 0.167. The predicted octanol–water partition coefficient (Wildman–Crippen LogP) is 8.66. The molecule has 0 spiro atoms. The quantitative estimate of drug-likeness (QED) is 0.186. The largest absolute Gasteiger partial charge is 0.489 e. The number of H-pyrrole nitrogens is 1. The Hall–Kier alpha value is -4.24. The second-order valence-electron chi connectivity index (χ2n) is 8.51. The van der Waals surface area contributed by atoms with E-state index in [4.69, 9.17) is 0 Å². The van der Waals surface area contributed by atoms with Gasteiger partial charge < -0.3 is 4.98 Å². The number of alkyl halides is 12. The van der Waals surface area contributed by atoms with Crippen LogP contribution in [-0.4, -0.2) is 19.5 Å². The van der Waals surface area contributed by atoms with E-state index in [0.717, 1.165) is 24.3 Å². The van der Waals surface area contributed by atoms with Gasteiger partial charge in [0, 0.05) is 11.0 Å². The highest BCUT2D eigenvalue weighted by atomic mass is 19.4. The molecule has 0 saturated heterocycles. The number of aromatic amines is 1. The predicted molar refractivity (Wildman–Crippen MR) is 119 cm³/mol. The van der Waals surface area contributed by atoms with Gasteiger partial charge in [0.1, 0.15) is 5.56 Å². The normalized spacial score (nSPS) is 14.3. The van der Waals surface area contributed by atoms with Crippen LogP contribution in [0.3, 0.4) is 0 Å². The number of hydrogen-bond donors (Lipinski definition) is 1. The van der Waals surface area contributed by atoms with Crippen LogP contribution in [0.4, 0.5) is 52.7 Å². The first-order valence-electron chi connectivity index (χ1n) is 10.8. The average molecular weight is 582 g/mol. The van der Waals surface area contributed by atoms with Gasteiger partial charge in [-0.1, -0.05) is 0 Å². The molecule has 0 aromatic carbocycles. The first kappa shape index (κ1) is 27.3. The van der Waals surface area contributed by atoms with Crippen LogP contribution >= 0.6 is 0 Å². The Kier molecular flexibility index (Phi) is 5.90. The zero-order valence-corrected chi connectivity index (χ0v) is 19.1. The number of hydrogen-bond acceptors (Lipinski definition) is 2. The van der Waals surface area contributed by atoms with Crippen LogP contribution in [0.25, 0.3) is 46.4 Å². The summed E-state index contributed by atoms with van der Waals surface area (Å²) in [6.07, 6.45) is -21.3. The number of halogens is 12. The minimum Gasteiger partial charge on any atom is -0.355 e. The Bertz CT molecular complexity index is 1740. The summed E-state index contributed by atoms with van der Waals surface area (Å²) in [5.41, 5.74) is -15.7. The molecule has 40 heavy (non-hydrogen) atoms. The number of aromatic nitrogens is 4. The van der Waals surface area contributed by atoms with Crippen molar-refractivity contribution in [2.45, 2.75) is 24.8 Å². The van der Waals surface area contributed by atoms with Crippen molar-refractivity contribution in [3.05, 3.63) is 69.8 Å². The highest BCUT2D eigenvalue weighted by molar-refractivity contribution is 5.85. The van der Waals surface area contributed by atoms with Crippen LogP contribution < -0.4 is 0 Å². The molecule has 210 valence electrons. The molecule has 16 heteroatoms. The first-order chi connectivity index (χ1) is 18.3. The zero-order valence-electron chi connectivity index (χ0n) is 19.1. The Balaban J connectivity index is 2.20. The van der Waals surface area contributed by atoms with Gasteiger partial charge in [0.25, 0.3) is 0 Å². The third kappa shape index (κ3) is 4.81. The molecule has 0 saturated carbocycles. The molecule has 0 unspecified atom stereocenters. The van der Waals surface area contributed by atoms with Crippen molar-refractivity contribution in [1.29, 1.82) is 0 Å². The molecule has 0 amide bonds. The SMILES string of the molecule is FC(F)(F)c1c(C(F)(F)F)c2c(C(F)(F)F)c3nc(cc4ccc(cc5nc(cc1n2C(F)(F)F)C=C5)[nH]4)C=C3. The van der Waals surface area contributed by atoms with Crippen LogP contribution in [0, 0.1) is 0 Å². The summed E-state index contributed by atoms with van der Waals surface area (Å²) in [6.45, 7) is 0. The number of rotatable bonds is 0. The molecule has 0 atom stereocenters. The molecule has 3 aromatic heterocycles. The van der Waals surface area contributed by atoms with E-state index in [1.165, 1.54) is 18.2 Å². The standard InChI is InChI=1S/C24H10F12N4/c25-21(26,27)17-15-6-5-13(39-15)8-12-2-1-10(37-12)7-11-3-4-14(38-11)9-16-18(22(28,29)30)19(23(31,32)33)20(17)40(16)24(34,35)36/h1-9,37H. The Morgan fingerprint density at radius 1 is 0.550 bits per heavy atom. The summed E-state index contributed by atoms with van der Waals surface area (Å²) in [5.74, 6) is 0. The molecule has 8 bridgehead atoms. The molecular weight excluding hydrogens is 572 g/mol. The lowest BCUT2D eigenvalue weighted by molar-refractivity contribution is -0.198. The molecule has 2 aliphatic rings. The molecule has 1 N–H and O–H groups in total. The monoisotopic (exact) mass is 582 g/mol. The Morgan fingerprint density at radius 2 is 1.02 bits per heavy atom. The van der Waals surface area contributed by atoms with Crippen LogP contribution in [0.15, 0.2) is 30.3 Å². The third-order valence-corrected chi connectivity index (χ3v) is 5.77. The van der Waals surface area contributed by atoms with E-state index in [-0.39, 0.29) is 23.0 Å². The molecule has 2 aliphatic heterocycles. The van der Waals surface area contributed by atoms with E-state index in [9.17, 15) is 52.7 Å². The summed E-state index contributed by atoms with van der Waals surface area (Å²) in [6, 6.07) is 5.43. The lowest BCUT2D eigenvalue weighted by atomic mass is 10.0. The van der Waals surface area contributed by atoms with Gasteiger partial charge in [0.2, 0.25) is 0 Å². The van der Waals surface area contributed by atoms with E-state index >= 15 is 0 Å². The van der Waals surface area contributed by atoms with Gasteiger partial charge in [-0.25, -0.2) is 9.97 Å². The molecule has 5 rings (SSSR count). The maximum atomic E-state index is 14.3. The minimum atomic E-state index is -6.32. The second-order valence-corrected chi connectivity index (χ2v) is 8.51. The van der Waals surface area contributed by atoms with Crippen molar-refractivity contribution < 1.29 is 52.7 Å². The van der Waals surface area contributed by atoms with Crippen molar-refractivity contribution >= 4 is 46.4 Å². The van der Waals surface area contributed by atoms with Gasteiger partial charge in [0.15, 0.2) is 0 Å². The van der Waals surface area contributed by atoms with Gasteiger partial charge >= 0.3 is 24.8 Å². The minimum absolute atomic E-state index is 0.00399. The zero-order chi connectivity index (χ0) is 29.4. The van der Waals surface area contributed by atoms with E-state index in [1.807, 2.05) is 0 Å². The molecular formula is C24H10F12N4. The summed E-state index contributed by atoms with van der Waals surface area (Å²) < 4.78 is 169. The van der Waals surface area contributed by atoms with E-state index in [2.05, 4.69) is 15.0 Å². The highest BCUT2D eigenvalue weighted by Crippen LogP contribution is 2.51. The van der Waals surface area contributed by atoms with Gasteiger partial charge in [0.05, 0.1) is 44.9 Å². The maximum absolute atomic E-state index is 14.3. The summed E-state index contributed by atoms with van der Waals surface area (Å²) in [5, 5.41) is 0. The van der Waals surface area contributed by atoms with Gasteiger partial charge in [-0.3, -0.25) is 4.57 Å². The molecule has 3 aromatic rings. The molecule has 5 heterocycles. The van der Waals surface area contributed by atoms with Crippen molar-refractivity contribution in [2.24, 2.45) is 0 Å². The Morgan fingerprint density at radius 3 is 1.52 bits per heavy atom. The van der Waals surface area contributed by atoms with Crippen LogP contribution in [0.2, 0.25) is 0 Å². The van der Waals surface area contributed by atoms with Crippen LogP contribution in [-0.2, 0) is 24.8 Å². The summed E-state index contributed by atoms with van der Waals surface area (Å²) in [7, 11) is 0. The average Bonchev–Trinajstić information content (AvgIpc) is 3.54. The van der Waals surface area contributed by atoms with Gasteiger partial charge in [-0.2, -0.15) is 39.5 Å². The maximum Gasteiger partial charge on any atom is 0.489 e. The summed E-state index contributed by atoms with van der Waals surface area (Å²) in [4.78, 5) is 10.2. The smallest absolute Gasteiger partial charge is 0.355 e. The first-order valence-corrected chi connectivity index (χ1v) is 10.8. The fourth-order valence-electron chi connectivity index (χ4n) is 4.40. The van der Waals surface area contributed by atoms with E-state index < -0.39 is 68.5 Å². The van der Waals surface area contributed by atoms with Crippen molar-refractivity contribution in [3.8, 4) is 0 Å². The van der Waals surface area contributed by atoms with Gasteiger partial charge in [-0.05, 0) is 54.6 Å². The van der Waals surface area contributed by atoms with Gasteiger partial charge in [-0.15, -0.1) is 13.2 Å². The van der Waals surface area contributed by atoms with Crippen molar-refractivity contribution in [3.63, 3.8) is 0 Å². The number of fused-ring (bicyclic) bond motifs is 8. The Labute approximate surface area is 213 Å². The second kappa shape index (κ2) is 8.63. The van der Waals surface area contributed by atoms with Crippen molar-refractivity contribution in [1.82, 2.24) is 19.5 Å². The number of nitrogens with zero attached hydrogens (tertiary/aromatic N) is 3. The topological polar surface area (TPSA) is 46.5 Å². The van der Waals surface area contributed by atoms with Crippen LogP contribution in [0.5, 0.6) is 0 Å².